The van der Waals surface area contributed by atoms with E-state index in [9.17, 15) is 14.4 Å². The van der Waals surface area contributed by atoms with Gasteiger partial charge in [0.25, 0.3) is 0 Å². The van der Waals surface area contributed by atoms with Crippen molar-refractivity contribution in [1.29, 1.82) is 0 Å². The van der Waals surface area contributed by atoms with Crippen LogP contribution in [0.15, 0.2) is 11.3 Å². The molecule has 0 saturated carbocycles. The van der Waals surface area contributed by atoms with Crippen LogP contribution in [-0.4, -0.2) is 46.0 Å². The predicted molar refractivity (Wildman–Crippen MR) is 130 cm³/mol. The number of rotatable bonds is 14. The Labute approximate surface area is 200 Å². The van der Waals surface area contributed by atoms with Gasteiger partial charge in [0, 0.05) is 12.3 Å². The van der Waals surface area contributed by atoms with Crippen LogP contribution in [0.25, 0.3) is 0 Å². The summed E-state index contributed by atoms with van der Waals surface area (Å²) in [6.07, 6.45) is 2.54. The van der Waals surface area contributed by atoms with Crippen LogP contribution in [0.1, 0.15) is 80.6 Å². The van der Waals surface area contributed by atoms with E-state index in [2.05, 4.69) is 20.8 Å². The van der Waals surface area contributed by atoms with E-state index in [1.165, 1.54) is 0 Å². The molecule has 0 saturated heterocycles. The molecule has 1 aliphatic carbocycles. The summed E-state index contributed by atoms with van der Waals surface area (Å²) in [5, 5.41) is 0. The summed E-state index contributed by atoms with van der Waals surface area (Å²) in [4.78, 5) is 40.1. The Balaban J connectivity index is 3.80. The number of allylic oxidation sites excluding steroid dienone is 1. The Morgan fingerprint density at radius 2 is 1.36 bits per heavy atom. The first-order valence-electron chi connectivity index (χ1n) is 12.7. The quantitative estimate of drug-likeness (QED) is 0.138. The van der Waals surface area contributed by atoms with Gasteiger partial charge in [0.2, 0.25) is 8.32 Å². The molecule has 0 fully saturated rings. The van der Waals surface area contributed by atoms with Gasteiger partial charge in [-0.2, -0.15) is 0 Å². The lowest BCUT2D eigenvalue weighted by Gasteiger charge is -2.43. The Bertz CT molecular complexity index is 671. The average molecular weight is 485 g/mol. The highest BCUT2D eigenvalue weighted by Gasteiger charge is 2.59. The van der Waals surface area contributed by atoms with Crippen LogP contribution in [0.2, 0.25) is 18.1 Å². The lowest BCUT2D eigenvalue weighted by Crippen LogP contribution is -2.52. The Morgan fingerprint density at radius 3 is 1.79 bits per heavy atom. The van der Waals surface area contributed by atoms with Crippen molar-refractivity contribution in [3.05, 3.63) is 11.3 Å². The molecule has 0 N–H and O–H groups in total. The number of carbonyl (C=O) groups excluding carboxylic acids is 3. The van der Waals surface area contributed by atoms with Gasteiger partial charge in [-0.15, -0.1) is 0 Å². The van der Waals surface area contributed by atoms with Gasteiger partial charge in [-0.25, -0.2) is 4.79 Å². The fraction of sp³-hybridized carbons (Fsp3) is 0.800. The van der Waals surface area contributed by atoms with Crippen molar-refractivity contribution in [3.63, 3.8) is 0 Å². The topological polar surface area (TPSA) is 88.1 Å². The van der Waals surface area contributed by atoms with Crippen LogP contribution >= 0.6 is 0 Å². The van der Waals surface area contributed by atoms with Crippen molar-refractivity contribution in [2.45, 2.75) is 98.7 Å². The molecule has 0 radical (unpaired) electrons. The third-order valence-corrected chi connectivity index (χ3v) is 11.4. The lowest BCUT2D eigenvalue weighted by atomic mass is 9.63. The normalized spacial score (nSPS) is 18.0. The van der Waals surface area contributed by atoms with Gasteiger partial charge in [0.1, 0.15) is 0 Å². The summed E-state index contributed by atoms with van der Waals surface area (Å²) < 4.78 is 23.0. The van der Waals surface area contributed by atoms with E-state index in [4.69, 9.17) is 18.6 Å². The molecule has 1 aliphatic rings. The molecule has 7 nitrogen and oxygen atoms in total. The highest BCUT2D eigenvalue weighted by atomic mass is 28.4. The van der Waals surface area contributed by atoms with Crippen molar-refractivity contribution < 1.29 is 33.0 Å². The molecule has 0 aliphatic heterocycles. The van der Waals surface area contributed by atoms with Crippen molar-refractivity contribution in [1.82, 2.24) is 0 Å². The SMILES string of the molecule is CCCCC1C(C(=O)OCC)=C(O[Si](CC)(CC)CC)CCC1(C(=O)OCC)C(=O)OCC. The number of unbranched alkanes of at least 4 members (excludes halogenated alkanes) is 1. The van der Waals surface area contributed by atoms with Crippen LogP contribution < -0.4 is 0 Å². The van der Waals surface area contributed by atoms with E-state index in [-0.39, 0.29) is 26.2 Å². The summed E-state index contributed by atoms with van der Waals surface area (Å²) in [6.45, 7) is 14.1. The minimum Gasteiger partial charge on any atom is -0.546 e. The average Bonchev–Trinajstić information content (AvgIpc) is 2.81. The van der Waals surface area contributed by atoms with Crippen molar-refractivity contribution in [2.24, 2.45) is 11.3 Å². The zero-order chi connectivity index (χ0) is 25.1. The third-order valence-electron chi connectivity index (χ3n) is 6.88. The smallest absolute Gasteiger partial charge is 0.337 e. The van der Waals surface area contributed by atoms with Gasteiger partial charge in [0.15, 0.2) is 5.41 Å². The molecule has 190 valence electrons. The molecule has 0 bridgehead atoms. The zero-order valence-corrected chi connectivity index (χ0v) is 22.7. The van der Waals surface area contributed by atoms with Gasteiger partial charge >= 0.3 is 17.9 Å². The summed E-state index contributed by atoms with van der Waals surface area (Å²) in [5.74, 6) is -1.89. The molecule has 8 heteroatoms. The summed E-state index contributed by atoms with van der Waals surface area (Å²) in [7, 11) is -2.11. The first kappa shape index (κ1) is 29.2. The first-order chi connectivity index (χ1) is 15.8. The minimum atomic E-state index is -2.11. The standard InChI is InChI=1S/C25H44O7Si/c1-8-15-16-19-21(22(26)29-9-2)20(32-33(12-5,13-6)14-7)17-18-25(19,23(27)30-10-3)24(28)31-11-4/h19H,8-18H2,1-7H3. The van der Waals surface area contributed by atoms with Crippen LogP contribution in [0.3, 0.4) is 0 Å². The summed E-state index contributed by atoms with van der Waals surface area (Å²) in [5.41, 5.74) is -1.25. The molecule has 0 aromatic rings. The largest absolute Gasteiger partial charge is 0.546 e. The fourth-order valence-corrected chi connectivity index (χ4v) is 7.42. The van der Waals surface area contributed by atoms with Gasteiger partial charge in [-0.1, -0.05) is 40.5 Å². The summed E-state index contributed by atoms with van der Waals surface area (Å²) >= 11 is 0. The van der Waals surface area contributed by atoms with Crippen LogP contribution in [0.4, 0.5) is 0 Å². The minimum absolute atomic E-state index is 0.139. The fourth-order valence-electron chi connectivity index (χ4n) is 4.75. The molecule has 1 unspecified atom stereocenters. The van der Waals surface area contributed by atoms with E-state index in [1.54, 1.807) is 20.8 Å². The zero-order valence-electron chi connectivity index (χ0n) is 21.7. The molecule has 0 amide bonds. The number of hydrogen-bond acceptors (Lipinski definition) is 7. The molecule has 1 rings (SSSR count). The van der Waals surface area contributed by atoms with E-state index in [1.807, 2.05) is 6.92 Å². The van der Waals surface area contributed by atoms with Crippen LogP contribution in [0, 0.1) is 11.3 Å². The molecular formula is C25H44O7Si. The second-order valence-corrected chi connectivity index (χ2v) is 13.2. The Hall–Kier alpha value is -1.83. The first-order valence-corrected chi connectivity index (χ1v) is 15.2. The van der Waals surface area contributed by atoms with E-state index < -0.39 is 37.6 Å². The molecule has 0 aromatic carbocycles. The van der Waals surface area contributed by atoms with E-state index in [0.717, 1.165) is 31.0 Å². The predicted octanol–water partition coefficient (Wildman–Crippen LogP) is 5.54. The van der Waals surface area contributed by atoms with Gasteiger partial charge in [-0.3, -0.25) is 9.59 Å². The van der Waals surface area contributed by atoms with E-state index >= 15 is 0 Å². The van der Waals surface area contributed by atoms with Gasteiger partial charge < -0.3 is 18.6 Å². The molecule has 33 heavy (non-hydrogen) atoms. The maximum atomic E-state index is 13.4. The molecular weight excluding hydrogens is 440 g/mol. The molecule has 1 atom stereocenters. The van der Waals surface area contributed by atoms with Crippen molar-refractivity contribution in [2.75, 3.05) is 19.8 Å². The third kappa shape index (κ3) is 6.40. The molecule has 0 spiro atoms. The van der Waals surface area contributed by atoms with Gasteiger partial charge in [0.05, 0.1) is 31.2 Å². The lowest BCUT2D eigenvalue weighted by molar-refractivity contribution is -0.178. The molecule has 0 aromatic heterocycles. The number of esters is 3. The Morgan fingerprint density at radius 1 is 0.848 bits per heavy atom. The summed E-state index contributed by atoms with van der Waals surface area (Å²) in [6, 6.07) is 2.75. The number of ether oxygens (including phenoxy) is 3. The highest BCUT2D eigenvalue weighted by Crippen LogP contribution is 2.50. The Kier molecular flexibility index (Phi) is 12.2. The number of hydrogen-bond donors (Lipinski definition) is 0. The second-order valence-electron chi connectivity index (χ2n) is 8.51. The van der Waals surface area contributed by atoms with Crippen LogP contribution in [-0.2, 0) is 33.0 Å². The van der Waals surface area contributed by atoms with Crippen molar-refractivity contribution in [3.8, 4) is 0 Å². The highest BCUT2D eigenvalue weighted by molar-refractivity contribution is 6.73. The monoisotopic (exact) mass is 484 g/mol. The van der Waals surface area contributed by atoms with Crippen LogP contribution in [0.5, 0.6) is 0 Å². The van der Waals surface area contributed by atoms with Gasteiger partial charge in [-0.05, 0) is 51.7 Å². The maximum Gasteiger partial charge on any atom is 0.337 e. The van der Waals surface area contributed by atoms with E-state index in [0.29, 0.717) is 24.2 Å². The molecule has 0 heterocycles. The number of carbonyl (C=O) groups is 3. The second kappa shape index (κ2) is 13.8. The van der Waals surface area contributed by atoms with Crippen molar-refractivity contribution >= 4 is 26.2 Å². The maximum absolute atomic E-state index is 13.4.